The van der Waals surface area contributed by atoms with Gasteiger partial charge in [-0.05, 0) is 25.0 Å². The minimum absolute atomic E-state index is 0.120. The second-order valence-corrected chi connectivity index (χ2v) is 6.77. The minimum Gasteiger partial charge on any atom is -0.376 e. The summed E-state index contributed by atoms with van der Waals surface area (Å²) in [5, 5.41) is 2.91. The van der Waals surface area contributed by atoms with Gasteiger partial charge in [-0.2, -0.15) is 0 Å². The topological polar surface area (TPSA) is 83.5 Å². The number of amides is 1. The van der Waals surface area contributed by atoms with Gasteiger partial charge in [-0.25, -0.2) is 15.0 Å². The van der Waals surface area contributed by atoms with Crippen molar-refractivity contribution < 1.29 is 9.53 Å². The molecule has 1 unspecified atom stereocenters. The number of nitrogens with one attached hydrogen (secondary N) is 1. The number of hydrogen-bond acceptors (Lipinski definition) is 7. The van der Waals surface area contributed by atoms with Gasteiger partial charge < -0.3 is 19.9 Å². The van der Waals surface area contributed by atoms with Crippen LogP contribution < -0.4 is 15.1 Å². The summed E-state index contributed by atoms with van der Waals surface area (Å²) in [6.07, 6.45) is 5.45. The molecule has 0 radical (unpaired) electrons. The molecule has 2 aliphatic heterocycles. The summed E-state index contributed by atoms with van der Waals surface area (Å²) in [5.74, 6) is 1.60. The van der Waals surface area contributed by atoms with Crippen LogP contribution in [0.1, 0.15) is 23.3 Å². The van der Waals surface area contributed by atoms with Crippen molar-refractivity contribution in [2.75, 3.05) is 49.1 Å². The molecule has 2 aromatic heterocycles. The maximum absolute atomic E-state index is 12.4. The number of nitrogens with zero attached hydrogens (tertiary/aromatic N) is 5. The fraction of sp³-hybridized carbons (Fsp3) is 0.474. The van der Waals surface area contributed by atoms with Gasteiger partial charge in [0.1, 0.15) is 23.7 Å². The molecule has 2 aliphatic rings. The van der Waals surface area contributed by atoms with Crippen molar-refractivity contribution in [1.29, 1.82) is 0 Å². The van der Waals surface area contributed by atoms with E-state index in [9.17, 15) is 4.79 Å². The third kappa shape index (κ3) is 4.33. The minimum atomic E-state index is -0.179. The second-order valence-electron chi connectivity index (χ2n) is 6.77. The Balaban J connectivity index is 1.34. The average Bonchev–Trinajstić information content (AvgIpc) is 3.27. The van der Waals surface area contributed by atoms with Gasteiger partial charge in [0.05, 0.1) is 6.10 Å². The van der Waals surface area contributed by atoms with Gasteiger partial charge in [0.25, 0.3) is 5.91 Å². The molecule has 1 amide bonds. The van der Waals surface area contributed by atoms with Crippen molar-refractivity contribution >= 4 is 17.5 Å². The Morgan fingerprint density at radius 3 is 2.63 bits per heavy atom. The molecule has 0 aromatic carbocycles. The van der Waals surface area contributed by atoms with E-state index in [2.05, 4.69) is 30.1 Å². The molecule has 0 spiro atoms. The van der Waals surface area contributed by atoms with Crippen LogP contribution in [0, 0.1) is 0 Å². The maximum Gasteiger partial charge on any atom is 0.270 e. The van der Waals surface area contributed by atoms with Gasteiger partial charge in [0.15, 0.2) is 0 Å². The largest absolute Gasteiger partial charge is 0.376 e. The van der Waals surface area contributed by atoms with Crippen LogP contribution in [0.25, 0.3) is 0 Å². The zero-order chi connectivity index (χ0) is 18.5. The zero-order valence-corrected chi connectivity index (χ0v) is 15.3. The van der Waals surface area contributed by atoms with E-state index in [1.807, 2.05) is 24.4 Å². The highest BCUT2D eigenvalue weighted by Crippen LogP contribution is 2.17. The Labute approximate surface area is 158 Å². The van der Waals surface area contributed by atoms with Crippen LogP contribution in [0.3, 0.4) is 0 Å². The number of carbonyl (C=O) groups excluding carboxylic acids is 1. The Bertz CT molecular complexity index is 758. The number of carbonyl (C=O) groups is 1. The van der Waals surface area contributed by atoms with E-state index in [0.29, 0.717) is 12.2 Å². The zero-order valence-electron chi connectivity index (χ0n) is 15.3. The lowest BCUT2D eigenvalue weighted by Gasteiger charge is -2.36. The van der Waals surface area contributed by atoms with Crippen LogP contribution in [-0.2, 0) is 4.74 Å². The Kier molecular flexibility index (Phi) is 5.43. The van der Waals surface area contributed by atoms with Crippen molar-refractivity contribution in [3.05, 3.63) is 42.5 Å². The van der Waals surface area contributed by atoms with Crippen molar-refractivity contribution in [2.45, 2.75) is 18.9 Å². The number of anilines is 2. The molecule has 2 saturated heterocycles. The third-order valence-corrected chi connectivity index (χ3v) is 4.98. The number of pyridine rings is 1. The lowest BCUT2D eigenvalue weighted by atomic mass is 10.2. The highest BCUT2D eigenvalue weighted by Gasteiger charge is 2.21. The van der Waals surface area contributed by atoms with E-state index in [-0.39, 0.29) is 12.0 Å². The number of aromatic nitrogens is 3. The number of rotatable bonds is 5. The molecule has 27 heavy (non-hydrogen) atoms. The molecule has 142 valence electrons. The van der Waals surface area contributed by atoms with E-state index in [0.717, 1.165) is 57.3 Å². The SMILES string of the molecule is O=C(NCC1CCCO1)c1cc(N2CCN(c3ccccn3)CC2)ncn1. The Hall–Kier alpha value is -2.74. The number of ether oxygens (including phenoxy) is 1. The van der Waals surface area contributed by atoms with E-state index in [4.69, 9.17) is 4.74 Å². The van der Waals surface area contributed by atoms with Crippen LogP contribution in [0.4, 0.5) is 11.6 Å². The lowest BCUT2D eigenvalue weighted by Crippen LogP contribution is -2.47. The molecule has 8 heteroatoms. The Morgan fingerprint density at radius 1 is 1.11 bits per heavy atom. The van der Waals surface area contributed by atoms with E-state index in [1.54, 1.807) is 6.07 Å². The third-order valence-electron chi connectivity index (χ3n) is 4.98. The summed E-state index contributed by atoms with van der Waals surface area (Å²) in [7, 11) is 0. The van der Waals surface area contributed by atoms with Crippen LogP contribution in [0.5, 0.6) is 0 Å². The highest BCUT2D eigenvalue weighted by molar-refractivity contribution is 5.92. The predicted molar refractivity (Wildman–Crippen MR) is 102 cm³/mol. The highest BCUT2D eigenvalue weighted by atomic mass is 16.5. The van der Waals surface area contributed by atoms with Gasteiger partial charge in [-0.1, -0.05) is 6.07 Å². The average molecular weight is 368 g/mol. The standard InChI is InChI=1S/C19H24N6O2/c26-19(21-13-15-4-3-11-27-15)16-12-18(23-14-22-16)25-9-7-24(8-10-25)17-5-1-2-6-20-17/h1-2,5-6,12,14-15H,3-4,7-11,13H2,(H,21,26). The fourth-order valence-electron chi connectivity index (χ4n) is 3.45. The van der Waals surface area contributed by atoms with Gasteiger partial charge in [-0.3, -0.25) is 4.79 Å². The molecule has 1 N–H and O–H groups in total. The molecule has 0 aliphatic carbocycles. The summed E-state index contributed by atoms with van der Waals surface area (Å²) >= 11 is 0. The molecule has 2 fully saturated rings. The quantitative estimate of drug-likeness (QED) is 0.846. The van der Waals surface area contributed by atoms with Gasteiger partial charge in [-0.15, -0.1) is 0 Å². The van der Waals surface area contributed by atoms with Crippen LogP contribution in [0.15, 0.2) is 36.8 Å². The van der Waals surface area contributed by atoms with Crippen LogP contribution in [0.2, 0.25) is 0 Å². The Morgan fingerprint density at radius 2 is 1.93 bits per heavy atom. The van der Waals surface area contributed by atoms with Crippen molar-refractivity contribution in [1.82, 2.24) is 20.3 Å². The molecule has 4 heterocycles. The fourth-order valence-corrected chi connectivity index (χ4v) is 3.45. The number of hydrogen-bond donors (Lipinski definition) is 1. The smallest absolute Gasteiger partial charge is 0.270 e. The predicted octanol–water partition coefficient (Wildman–Crippen LogP) is 1.11. The summed E-state index contributed by atoms with van der Waals surface area (Å²) in [5.41, 5.74) is 0.394. The van der Waals surface area contributed by atoms with Gasteiger partial charge in [0, 0.05) is 51.6 Å². The monoisotopic (exact) mass is 368 g/mol. The first kappa shape index (κ1) is 17.7. The van der Waals surface area contributed by atoms with Crippen LogP contribution in [-0.4, -0.2) is 66.3 Å². The second kappa shape index (κ2) is 8.30. The van der Waals surface area contributed by atoms with E-state index >= 15 is 0 Å². The van der Waals surface area contributed by atoms with Gasteiger partial charge >= 0.3 is 0 Å². The first-order chi connectivity index (χ1) is 13.3. The summed E-state index contributed by atoms with van der Waals surface area (Å²) in [6.45, 7) is 4.68. The first-order valence-electron chi connectivity index (χ1n) is 9.42. The molecule has 2 aromatic rings. The van der Waals surface area contributed by atoms with Crippen molar-refractivity contribution in [2.24, 2.45) is 0 Å². The summed E-state index contributed by atoms with van der Waals surface area (Å²) < 4.78 is 5.54. The molecule has 8 nitrogen and oxygen atoms in total. The van der Waals surface area contributed by atoms with Gasteiger partial charge in [0.2, 0.25) is 0 Å². The van der Waals surface area contributed by atoms with E-state index in [1.165, 1.54) is 6.33 Å². The molecule has 4 rings (SSSR count). The molecule has 0 bridgehead atoms. The molecular weight excluding hydrogens is 344 g/mol. The summed E-state index contributed by atoms with van der Waals surface area (Å²) in [6, 6.07) is 7.71. The van der Waals surface area contributed by atoms with E-state index < -0.39 is 0 Å². The molecule has 0 saturated carbocycles. The first-order valence-corrected chi connectivity index (χ1v) is 9.42. The summed E-state index contributed by atoms with van der Waals surface area (Å²) in [4.78, 5) is 29.7. The molecular formula is C19H24N6O2. The lowest BCUT2D eigenvalue weighted by molar-refractivity contribution is 0.0853. The maximum atomic E-state index is 12.4. The number of piperazine rings is 1. The molecule has 1 atom stereocenters. The van der Waals surface area contributed by atoms with Crippen LogP contribution >= 0.6 is 0 Å². The normalized spacial score (nSPS) is 19.9. The van der Waals surface area contributed by atoms with Crippen molar-refractivity contribution in [3.63, 3.8) is 0 Å². The van der Waals surface area contributed by atoms with Crippen molar-refractivity contribution in [3.8, 4) is 0 Å².